The van der Waals surface area contributed by atoms with Crippen molar-refractivity contribution < 1.29 is 13.2 Å². The molecule has 0 saturated heterocycles. The summed E-state index contributed by atoms with van der Waals surface area (Å²) in [6.07, 6.45) is 5.13. The molecule has 1 aromatic carbocycles. The van der Waals surface area contributed by atoms with E-state index in [2.05, 4.69) is 0 Å². The molecule has 1 aromatic rings. The highest BCUT2D eigenvalue weighted by Gasteiger charge is 2.39. The lowest BCUT2D eigenvalue weighted by Gasteiger charge is -2.22. The van der Waals surface area contributed by atoms with E-state index in [9.17, 15) is 8.42 Å². The van der Waals surface area contributed by atoms with Gasteiger partial charge < -0.3 is 4.74 Å². The number of hydrogen-bond donors (Lipinski definition) is 0. The molecule has 116 valence electrons. The minimum absolute atomic E-state index is 0.119. The molecule has 2 aliphatic rings. The zero-order valence-electron chi connectivity index (χ0n) is 11.2. The van der Waals surface area contributed by atoms with E-state index in [4.69, 9.17) is 38.6 Å². The van der Waals surface area contributed by atoms with Crippen LogP contribution in [0.3, 0.4) is 0 Å². The normalized spacial score (nSPS) is 28.0. The van der Waals surface area contributed by atoms with Gasteiger partial charge in [0, 0.05) is 10.7 Å². The zero-order chi connectivity index (χ0) is 15.2. The van der Waals surface area contributed by atoms with Crippen molar-refractivity contribution in [1.82, 2.24) is 0 Å². The lowest BCUT2D eigenvalue weighted by molar-refractivity contribution is 0.195. The topological polar surface area (TPSA) is 43.4 Å². The molecule has 3 unspecified atom stereocenters. The summed E-state index contributed by atoms with van der Waals surface area (Å²) >= 11 is 12.1. The molecule has 3 nitrogen and oxygen atoms in total. The smallest absolute Gasteiger partial charge is 0.261 e. The van der Waals surface area contributed by atoms with E-state index in [1.807, 2.05) is 0 Å². The summed E-state index contributed by atoms with van der Waals surface area (Å²) in [4.78, 5) is -0.119. The second kappa shape index (κ2) is 5.80. The van der Waals surface area contributed by atoms with Crippen LogP contribution < -0.4 is 4.74 Å². The van der Waals surface area contributed by atoms with Gasteiger partial charge >= 0.3 is 0 Å². The Labute approximate surface area is 138 Å². The van der Waals surface area contributed by atoms with E-state index in [1.165, 1.54) is 37.8 Å². The molecule has 2 saturated carbocycles. The van der Waals surface area contributed by atoms with E-state index in [1.54, 1.807) is 0 Å². The van der Waals surface area contributed by atoms with Gasteiger partial charge in [-0.25, -0.2) is 8.42 Å². The predicted octanol–water partition coefficient (Wildman–Crippen LogP) is 4.74. The Morgan fingerprint density at radius 2 is 1.81 bits per heavy atom. The molecule has 2 fully saturated rings. The third kappa shape index (κ3) is 3.29. The monoisotopic (exact) mass is 368 g/mol. The lowest BCUT2D eigenvalue weighted by Crippen LogP contribution is -2.18. The number of halogens is 3. The molecule has 0 aliphatic heterocycles. The standard InChI is InChI=1S/C14H15Cl3O3S/c15-12-5-11(21(17,18)19)6-13(16)14(12)20-7-10-4-8-1-2-9(10)3-8/h5-6,8-10H,1-4,7H2. The van der Waals surface area contributed by atoms with Crippen LogP contribution in [0.4, 0.5) is 0 Å². The van der Waals surface area contributed by atoms with Crippen molar-refractivity contribution in [2.75, 3.05) is 6.61 Å². The average molecular weight is 370 g/mol. The van der Waals surface area contributed by atoms with Crippen molar-refractivity contribution in [3.05, 3.63) is 22.2 Å². The molecule has 0 spiro atoms. The Morgan fingerprint density at radius 1 is 1.14 bits per heavy atom. The first-order chi connectivity index (χ1) is 9.84. The van der Waals surface area contributed by atoms with Crippen LogP contribution in [0.25, 0.3) is 0 Å². The number of benzene rings is 1. The summed E-state index contributed by atoms with van der Waals surface area (Å²) in [6.45, 7) is 0.577. The molecule has 0 amide bonds. The van der Waals surface area contributed by atoms with E-state index in [-0.39, 0.29) is 14.9 Å². The third-order valence-electron chi connectivity index (χ3n) is 4.58. The van der Waals surface area contributed by atoms with Crippen molar-refractivity contribution in [2.24, 2.45) is 17.8 Å². The second-order valence-corrected chi connectivity index (χ2v) is 9.28. The lowest BCUT2D eigenvalue weighted by atomic mass is 9.89. The van der Waals surface area contributed by atoms with Crippen LogP contribution in [-0.4, -0.2) is 15.0 Å². The summed E-state index contributed by atoms with van der Waals surface area (Å²) < 4.78 is 28.4. The highest BCUT2D eigenvalue weighted by atomic mass is 35.7. The molecule has 2 bridgehead atoms. The van der Waals surface area contributed by atoms with Crippen LogP contribution in [0.15, 0.2) is 17.0 Å². The fourth-order valence-electron chi connectivity index (χ4n) is 3.59. The molecule has 21 heavy (non-hydrogen) atoms. The second-order valence-electron chi connectivity index (χ2n) is 5.90. The zero-order valence-corrected chi connectivity index (χ0v) is 14.3. The highest BCUT2D eigenvalue weighted by molar-refractivity contribution is 8.13. The van der Waals surface area contributed by atoms with Gasteiger partial charge in [-0.1, -0.05) is 29.6 Å². The van der Waals surface area contributed by atoms with Gasteiger partial charge in [-0.05, 0) is 49.1 Å². The first-order valence-corrected chi connectivity index (χ1v) is 9.97. The maximum absolute atomic E-state index is 11.3. The van der Waals surface area contributed by atoms with Gasteiger partial charge in [-0.2, -0.15) is 0 Å². The molecule has 0 radical (unpaired) electrons. The van der Waals surface area contributed by atoms with Crippen LogP contribution in [0.1, 0.15) is 25.7 Å². The molecule has 0 N–H and O–H groups in total. The quantitative estimate of drug-likeness (QED) is 0.720. The maximum atomic E-state index is 11.3. The fourth-order valence-corrected chi connectivity index (χ4v) is 5.10. The van der Waals surface area contributed by atoms with E-state index in [0.717, 1.165) is 11.8 Å². The van der Waals surface area contributed by atoms with E-state index in [0.29, 0.717) is 18.3 Å². The van der Waals surface area contributed by atoms with E-state index >= 15 is 0 Å². The Bertz CT molecular complexity index is 636. The number of ether oxygens (including phenoxy) is 1. The van der Waals surface area contributed by atoms with Gasteiger partial charge in [-0.15, -0.1) is 0 Å². The molecule has 2 aliphatic carbocycles. The maximum Gasteiger partial charge on any atom is 0.261 e. The van der Waals surface area contributed by atoms with Crippen molar-refractivity contribution in [1.29, 1.82) is 0 Å². The summed E-state index contributed by atoms with van der Waals surface area (Å²) in [5.41, 5.74) is 0. The first-order valence-electron chi connectivity index (χ1n) is 6.91. The molecule has 0 heterocycles. The van der Waals surface area contributed by atoms with E-state index < -0.39 is 9.05 Å². The van der Waals surface area contributed by atoms with Crippen LogP contribution in [0.2, 0.25) is 10.0 Å². The third-order valence-corrected chi connectivity index (χ3v) is 6.47. The number of fused-ring (bicyclic) bond motifs is 2. The predicted molar refractivity (Wildman–Crippen MR) is 83.9 cm³/mol. The van der Waals surface area contributed by atoms with Gasteiger partial charge in [0.1, 0.15) is 0 Å². The summed E-state index contributed by atoms with van der Waals surface area (Å²) in [5.74, 6) is 2.48. The van der Waals surface area contributed by atoms with Crippen LogP contribution in [0, 0.1) is 17.8 Å². The fraction of sp³-hybridized carbons (Fsp3) is 0.571. The van der Waals surface area contributed by atoms with Crippen molar-refractivity contribution in [3.63, 3.8) is 0 Å². The molecule has 3 rings (SSSR count). The van der Waals surface area contributed by atoms with Crippen molar-refractivity contribution in [2.45, 2.75) is 30.6 Å². The van der Waals surface area contributed by atoms with Crippen molar-refractivity contribution >= 4 is 42.9 Å². The Hall–Kier alpha value is -0.160. The minimum atomic E-state index is -3.85. The largest absolute Gasteiger partial charge is 0.490 e. The Balaban J connectivity index is 1.74. The van der Waals surface area contributed by atoms with Crippen LogP contribution in [0.5, 0.6) is 5.75 Å². The first kappa shape index (κ1) is 15.7. The van der Waals surface area contributed by atoms with Gasteiger partial charge in [0.25, 0.3) is 9.05 Å². The summed E-state index contributed by atoms with van der Waals surface area (Å²) in [5, 5.41) is 0.342. The molecular weight excluding hydrogens is 355 g/mol. The summed E-state index contributed by atoms with van der Waals surface area (Å²) in [7, 11) is 1.44. The number of rotatable bonds is 4. The average Bonchev–Trinajstić information content (AvgIpc) is 2.98. The Morgan fingerprint density at radius 3 is 2.29 bits per heavy atom. The van der Waals surface area contributed by atoms with Gasteiger partial charge in [0.15, 0.2) is 5.75 Å². The highest BCUT2D eigenvalue weighted by Crippen LogP contribution is 2.48. The Kier molecular flexibility index (Phi) is 4.34. The molecule has 0 aromatic heterocycles. The van der Waals surface area contributed by atoms with Gasteiger partial charge in [0.05, 0.1) is 21.5 Å². The van der Waals surface area contributed by atoms with Crippen molar-refractivity contribution in [3.8, 4) is 5.75 Å². The van der Waals surface area contributed by atoms with Crippen LogP contribution >= 0.6 is 33.9 Å². The molecule has 3 atom stereocenters. The van der Waals surface area contributed by atoms with Gasteiger partial charge in [0.2, 0.25) is 0 Å². The minimum Gasteiger partial charge on any atom is -0.490 e. The summed E-state index contributed by atoms with van der Waals surface area (Å²) in [6, 6.07) is 2.54. The SMILES string of the molecule is O=S(=O)(Cl)c1cc(Cl)c(OCC2CC3CCC2C3)c(Cl)c1. The molecular formula is C14H15Cl3O3S. The number of hydrogen-bond acceptors (Lipinski definition) is 3. The van der Waals surface area contributed by atoms with Crippen LogP contribution in [-0.2, 0) is 9.05 Å². The van der Waals surface area contributed by atoms with Gasteiger partial charge in [-0.3, -0.25) is 0 Å². The molecule has 7 heteroatoms.